The number of rotatable bonds is 5. The zero-order valence-corrected chi connectivity index (χ0v) is 17.0. The summed E-state index contributed by atoms with van der Waals surface area (Å²) in [6, 6.07) is 11.5. The number of nitrogens with one attached hydrogen (secondary N) is 1. The van der Waals surface area contributed by atoms with Gasteiger partial charge in [-0.25, -0.2) is 4.39 Å². The number of amides is 1. The predicted molar refractivity (Wildman–Crippen MR) is 110 cm³/mol. The van der Waals surface area contributed by atoms with Crippen LogP contribution in [0.3, 0.4) is 0 Å². The lowest BCUT2D eigenvalue weighted by atomic mass is 10.00. The Morgan fingerprint density at radius 1 is 1.16 bits per heavy atom. The zero-order valence-electron chi connectivity index (χ0n) is 17.0. The fourth-order valence-electron chi connectivity index (χ4n) is 4.19. The smallest absolute Gasteiger partial charge is 0.335 e. The van der Waals surface area contributed by atoms with Gasteiger partial charge in [0.15, 0.2) is 0 Å². The van der Waals surface area contributed by atoms with Gasteiger partial charge in [0, 0.05) is 36.3 Å². The number of likely N-dealkylation sites (tertiary alicyclic amines) is 1. The average molecular weight is 444 g/mol. The number of hydrogen-bond acceptors (Lipinski definition) is 4. The number of nitrogens with zero attached hydrogens (tertiary/aromatic N) is 3. The van der Waals surface area contributed by atoms with Gasteiger partial charge in [-0.3, -0.25) is 10.1 Å². The van der Waals surface area contributed by atoms with Crippen LogP contribution in [0.2, 0.25) is 0 Å². The Balaban J connectivity index is 1.29. The van der Waals surface area contributed by atoms with E-state index in [-0.39, 0.29) is 31.5 Å². The van der Waals surface area contributed by atoms with Crippen molar-refractivity contribution in [2.45, 2.75) is 37.0 Å². The molecule has 0 radical (unpaired) electrons. The van der Waals surface area contributed by atoms with Crippen LogP contribution >= 0.6 is 0 Å². The molecule has 2 fully saturated rings. The maximum Gasteiger partial charge on any atom is 0.406 e. The molecular formula is C23H20F4N4O. The second kappa shape index (κ2) is 7.51. The molecule has 1 saturated heterocycles. The predicted octanol–water partition coefficient (Wildman–Crippen LogP) is 3.87. The topological polar surface area (TPSA) is 58.1 Å². The maximum atomic E-state index is 14.4. The summed E-state index contributed by atoms with van der Waals surface area (Å²) in [7, 11) is 0. The van der Waals surface area contributed by atoms with Gasteiger partial charge in [0.05, 0.1) is 17.5 Å². The summed E-state index contributed by atoms with van der Waals surface area (Å²) in [5, 5.41) is 12.7. The number of alkyl halides is 3. The number of halogens is 4. The lowest BCUT2D eigenvalue weighted by molar-refractivity contribution is -0.170. The molecule has 0 atom stereocenters. The second-order valence-electron chi connectivity index (χ2n) is 8.50. The molecule has 0 spiro atoms. The highest BCUT2D eigenvalue weighted by Gasteiger charge is 2.64. The maximum absolute atomic E-state index is 14.4. The van der Waals surface area contributed by atoms with Gasteiger partial charge in [-0.15, -0.1) is 0 Å². The monoisotopic (exact) mass is 444 g/mol. The van der Waals surface area contributed by atoms with Gasteiger partial charge >= 0.3 is 6.18 Å². The first-order valence-electron chi connectivity index (χ1n) is 10.4. The van der Waals surface area contributed by atoms with E-state index in [2.05, 4.69) is 15.5 Å². The second-order valence-corrected chi connectivity index (χ2v) is 8.50. The largest absolute Gasteiger partial charge is 0.406 e. The lowest BCUT2D eigenvalue weighted by Gasteiger charge is -2.42. The average Bonchev–Trinajstić information content (AvgIpc) is 3.53. The summed E-state index contributed by atoms with van der Waals surface area (Å²) >= 11 is 0. The van der Waals surface area contributed by atoms with Gasteiger partial charge in [0.1, 0.15) is 11.4 Å². The van der Waals surface area contributed by atoms with Gasteiger partial charge < -0.3 is 4.90 Å². The fourth-order valence-corrected chi connectivity index (χ4v) is 4.19. The van der Waals surface area contributed by atoms with Crippen LogP contribution in [0.25, 0.3) is 10.8 Å². The van der Waals surface area contributed by atoms with Crippen molar-refractivity contribution in [2.24, 2.45) is 0 Å². The molecule has 166 valence electrons. The van der Waals surface area contributed by atoms with Crippen molar-refractivity contribution in [3.63, 3.8) is 0 Å². The summed E-state index contributed by atoms with van der Waals surface area (Å²) < 4.78 is 53.8. The molecule has 32 heavy (non-hydrogen) atoms. The molecule has 1 aliphatic carbocycles. The quantitative estimate of drug-likeness (QED) is 0.607. The molecule has 5 nitrogen and oxygen atoms in total. The van der Waals surface area contributed by atoms with E-state index in [1.165, 1.54) is 17.0 Å². The van der Waals surface area contributed by atoms with Gasteiger partial charge in [-0.1, -0.05) is 30.3 Å². The third-order valence-electron chi connectivity index (χ3n) is 6.22. The van der Waals surface area contributed by atoms with Crippen LogP contribution in [0, 0.1) is 5.82 Å². The molecule has 2 heterocycles. The highest BCUT2D eigenvalue weighted by Crippen LogP contribution is 2.49. The van der Waals surface area contributed by atoms with Crippen molar-refractivity contribution in [3.05, 3.63) is 71.3 Å². The Bertz CT molecular complexity index is 1180. The van der Waals surface area contributed by atoms with E-state index < -0.39 is 29.5 Å². The SMILES string of the molecule is O=C(c1cc(Cc2nncc3ccccc23)ccc1F)N1CC(NC2(C(F)(F)F)CC2)C1. The highest BCUT2D eigenvalue weighted by molar-refractivity contribution is 5.95. The summed E-state index contributed by atoms with van der Waals surface area (Å²) in [6.07, 6.45) is -2.17. The van der Waals surface area contributed by atoms with E-state index in [0.717, 1.165) is 10.8 Å². The lowest BCUT2D eigenvalue weighted by Crippen LogP contribution is -2.64. The van der Waals surface area contributed by atoms with E-state index in [4.69, 9.17) is 0 Å². The number of benzene rings is 2. The van der Waals surface area contributed by atoms with Crippen molar-refractivity contribution < 1.29 is 22.4 Å². The standard InChI is InChI=1S/C23H20F4N4O/c24-19-6-5-14(10-20-17-4-2-1-3-15(17)11-28-30-20)9-18(19)21(32)31-12-16(13-31)29-22(7-8-22)23(25,26)27/h1-6,9,11,16,29H,7-8,10,12-13H2. The molecule has 1 aromatic heterocycles. The minimum atomic E-state index is -4.30. The third-order valence-corrected chi connectivity index (χ3v) is 6.22. The molecule has 2 aliphatic rings. The van der Waals surface area contributed by atoms with Gasteiger partial charge in [0.25, 0.3) is 5.91 Å². The van der Waals surface area contributed by atoms with E-state index in [1.54, 1.807) is 12.3 Å². The third kappa shape index (κ3) is 3.70. The van der Waals surface area contributed by atoms with Crippen LogP contribution in [0.4, 0.5) is 17.6 Å². The number of fused-ring (bicyclic) bond motifs is 1. The van der Waals surface area contributed by atoms with Crippen LogP contribution in [-0.4, -0.2) is 51.9 Å². The highest BCUT2D eigenvalue weighted by atomic mass is 19.4. The Hall–Kier alpha value is -3.07. The molecule has 1 aliphatic heterocycles. The van der Waals surface area contributed by atoms with Gasteiger partial charge in [0.2, 0.25) is 0 Å². The number of carbonyl (C=O) groups is 1. The molecule has 2 aromatic carbocycles. The first-order chi connectivity index (χ1) is 15.3. The summed E-state index contributed by atoms with van der Waals surface area (Å²) in [5.41, 5.74) is -0.504. The van der Waals surface area contributed by atoms with E-state index in [0.29, 0.717) is 17.7 Å². The Kier molecular flexibility index (Phi) is 4.88. The van der Waals surface area contributed by atoms with E-state index >= 15 is 0 Å². The van der Waals surface area contributed by atoms with Gasteiger partial charge in [-0.2, -0.15) is 23.4 Å². The van der Waals surface area contributed by atoms with Crippen LogP contribution in [0.1, 0.15) is 34.5 Å². The van der Waals surface area contributed by atoms with Crippen LogP contribution in [0.5, 0.6) is 0 Å². The van der Waals surface area contributed by atoms with Crippen molar-refractivity contribution in [1.82, 2.24) is 20.4 Å². The molecule has 1 N–H and O–H groups in total. The number of hydrogen-bond donors (Lipinski definition) is 1. The van der Waals surface area contributed by atoms with Crippen molar-refractivity contribution in [2.75, 3.05) is 13.1 Å². The Morgan fingerprint density at radius 3 is 2.62 bits per heavy atom. The summed E-state index contributed by atoms with van der Waals surface area (Å²) in [4.78, 5) is 14.2. The molecule has 9 heteroatoms. The van der Waals surface area contributed by atoms with Crippen LogP contribution in [-0.2, 0) is 6.42 Å². The molecule has 0 bridgehead atoms. The van der Waals surface area contributed by atoms with Gasteiger partial charge in [-0.05, 0) is 30.5 Å². The normalized spacial score (nSPS) is 17.9. The van der Waals surface area contributed by atoms with Crippen molar-refractivity contribution in [3.8, 4) is 0 Å². The molecule has 0 unspecified atom stereocenters. The van der Waals surface area contributed by atoms with Crippen molar-refractivity contribution in [1.29, 1.82) is 0 Å². The Morgan fingerprint density at radius 2 is 1.91 bits per heavy atom. The van der Waals surface area contributed by atoms with Crippen molar-refractivity contribution >= 4 is 16.7 Å². The van der Waals surface area contributed by atoms with Crippen LogP contribution < -0.4 is 5.32 Å². The van der Waals surface area contributed by atoms with E-state index in [9.17, 15) is 22.4 Å². The summed E-state index contributed by atoms with van der Waals surface area (Å²) in [5.74, 6) is -1.18. The Labute approximate surface area is 181 Å². The molecule has 1 saturated carbocycles. The minimum absolute atomic E-state index is 0.0503. The molecule has 3 aromatic rings. The number of carbonyl (C=O) groups excluding carboxylic acids is 1. The van der Waals surface area contributed by atoms with E-state index in [1.807, 2.05) is 24.3 Å². The first kappa shape index (κ1) is 20.8. The fraction of sp³-hybridized carbons (Fsp3) is 0.348. The summed E-state index contributed by atoms with van der Waals surface area (Å²) in [6.45, 7) is 0.240. The molecule has 1 amide bonds. The molecular weight excluding hydrogens is 424 g/mol. The number of aromatic nitrogens is 2. The molecule has 5 rings (SSSR count). The minimum Gasteiger partial charge on any atom is -0.335 e. The zero-order chi connectivity index (χ0) is 22.5. The first-order valence-corrected chi connectivity index (χ1v) is 10.4. The van der Waals surface area contributed by atoms with Crippen LogP contribution in [0.15, 0.2) is 48.7 Å².